The molecule has 0 saturated carbocycles. The van der Waals surface area contributed by atoms with Crippen LogP contribution in [0.15, 0.2) is 23.8 Å². The Kier molecular flexibility index (Phi) is 3.87. The smallest absolute Gasteiger partial charge is 0.101 e. The summed E-state index contributed by atoms with van der Waals surface area (Å²) in [5.74, 6) is 0. The van der Waals surface area contributed by atoms with Gasteiger partial charge in [0.1, 0.15) is 6.10 Å². The Balaban J connectivity index is 2.15. The first-order valence-electron chi connectivity index (χ1n) is 6.20. The van der Waals surface area contributed by atoms with Crippen LogP contribution in [0.1, 0.15) is 43.1 Å². The maximum Gasteiger partial charge on any atom is 0.101 e. The highest BCUT2D eigenvalue weighted by Gasteiger charge is 2.21. The number of rotatable bonds is 3. The third-order valence-corrected chi connectivity index (χ3v) is 4.15. The van der Waals surface area contributed by atoms with E-state index in [1.54, 1.807) is 29.8 Å². The molecule has 1 atom stereocenters. The molecule has 0 bridgehead atoms. The second-order valence-corrected chi connectivity index (χ2v) is 6.48. The van der Waals surface area contributed by atoms with Crippen molar-refractivity contribution in [3.8, 4) is 0 Å². The van der Waals surface area contributed by atoms with E-state index in [0.29, 0.717) is 17.8 Å². The van der Waals surface area contributed by atoms with Gasteiger partial charge in [0.05, 0.1) is 10.7 Å². The molecule has 0 fully saturated rings. The van der Waals surface area contributed by atoms with E-state index in [4.69, 9.17) is 5.73 Å². The molecule has 102 valence electrons. The highest BCUT2D eigenvalue weighted by molar-refractivity contribution is 7.09. The average molecular weight is 277 g/mol. The Hall–Kier alpha value is -1.46. The van der Waals surface area contributed by atoms with Gasteiger partial charge in [0, 0.05) is 35.3 Å². The fraction of sp³-hybridized carbons (Fsp3) is 0.429. The molecule has 0 aromatic carbocycles. The summed E-state index contributed by atoms with van der Waals surface area (Å²) in [5.41, 5.74) is 8.07. The van der Waals surface area contributed by atoms with E-state index in [-0.39, 0.29) is 5.41 Å². The van der Waals surface area contributed by atoms with Crippen molar-refractivity contribution in [3.63, 3.8) is 0 Å². The maximum absolute atomic E-state index is 10.2. The molecule has 0 saturated heterocycles. The summed E-state index contributed by atoms with van der Waals surface area (Å²) in [6.45, 7) is 6.34. The number of nitrogens with zero attached hydrogens (tertiary/aromatic N) is 2. The molecule has 2 heterocycles. The Morgan fingerprint density at radius 2 is 2.16 bits per heavy atom. The summed E-state index contributed by atoms with van der Waals surface area (Å²) in [6, 6.07) is 1.74. The third-order valence-electron chi connectivity index (χ3n) is 2.86. The van der Waals surface area contributed by atoms with Crippen LogP contribution in [0.3, 0.4) is 0 Å². The topological polar surface area (TPSA) is 72.0 Å². The van der Waals surface area contributed by atoms with E-state index in [2.05, 4.69) is 30.7 Å². The van der Waals surface area contributed by atoms with Crippen molar-refractivity contribution in [2.75, 3.05) is 5.73 Å². The highest BCUT2D eigenvalue weighted by atomic mass is 32.1. The number of nitrogens with two attached hydrogens (primary N) is 1. The summed E-state index contributed by atoms with van der Waals surface area (Å²) in [4.78, 5) is 8.54. The van der Waals surface area contributed by atoms with Crippen LogP contribution in [-0.4, -0.2) is 15.1 Å². The zero-order valence-corrected chi connectivity index (χ0v) is 12.2. The number of hydrogen-bond donors (Lipinski definition) is 2. The number of aromatic nitrogens is 2. The molecule has 5 heteroatoms. The third kappa shape index (κ3) is 3.30. The minimum absolute atomic E-state index is 0.00989. The van der Waals surface area contributed by atoms with Crippen LogP contribution in [0, 0.1) is 0 Å². The van der Waals surface area contributed by atoms with Crippen LogP contribution in [-0.2, 0) is 11.8 Å². The predicted octanol–water partition coefficient (Wildman–Crippen LogP) is 2.69. The van der Waals surface area contributed by atoms with E-state index in [9.17, 15) is 5.11 Å². The van der Waals surface area contributed by atoms with Crippen molar-refractivity contribution in [1.82, 2.24) is 9.97 Å². The fourth-order valence-electron chi connectivity index (χ4n) is 1.71. The summed E-state index contributed by atoms with van der Waals surface area (Å²) in [5, 5.41) is 13.2. The molecule has 2 aromatic rings. The van der Waals surface area contributed by atoms with Gasteiger partial charge < -0.3 is 10.8 Å². The van der Waals surface area contributed by atoms with E-state index in [1.165, 1.54) is 0 Å². The van der Waals surface area contributed by atoms with Gasteiger partial charge in [-0.05, 0) is 11.6 Å². The minimum atomic E-state index is -0.640. The Bertz CT molecular complexity index is 560. The molecule has 2 aromatic heterocycles. The summed E-state index contributed by atoms with van der Waals surface area (Å²) in [6.07, 6.45) is 3.13. The Morgan fingerprint density at radius 1 is 1.42 bits per heavy atom. The number of aliphatic hydroxyl groups excluding tert-OH is 1. The van der Waals surface area contributed by atoms with Crippen LogP contribution in [0.2, 0.25) is 0 Å². The maximum atomic E-state index is 10.2. The van der Waals surface area contributed by atoms with E-state index in [0.717, 1.165) is 10.6 Å². The predicted molar refractivity (Wildman–Crippen MR) is 78.1 cm³/mol. The van der Waals surface area contributed by atoms with Crippen molar-refractivity contribution >= 4 is 17.0 Å². The fourth-order valence-corrected chi connectivity index (χ4v) is 2.66. The van der Waals surface area contributed by atoms with Gasteiger partial charge in [0.15, 0.2) is 0 Å². The van der Waals surface area contributed by atoms with Crippen LogP contribution >= 0.6 is 11.3 Å². The zero-order chi connectivity index (χ0) is 14.0. The van der Waals surface area contributed by atoms with Gasteiger partial charge in [-0.1, -0.05) is 20.8 Å². The van der Waals surface area contributed by atoms with Crippen molar-refractivity contribution in [2.45, 2.75) is 38.7 Å². The van der Waals surface area contributed by atoms with E-state index in [1.807, 2.05) is 5.38 Å². The molecule has 0 aliphatic rings. The SMILES string of the molecule is CC(C)(C)c1nc(C(O)Cc2cnccc2N)cs1. The molecular weight excluding hydrogens is 258 g/mol. The van der Waals surface area contributed by atoms with Gasteiger partial charge in [-0.3, -0.25) is 4.98 Å². The quantitative estimate of drug-likeness (QED) is 0.904. The average Bonchev–Trinajstić information content (AvgIpc) is 2.81. The number of thiazole rings is 1. The van der Waals surface area contributed by atoms with Crippen LogP contribution < -0.4 is 5.73 Å². The molecule has 3 N–H and O–H groups in total. The van der Waals surface area contributed by atoms with Crippen molar-refractivity contribution < 1.29 is 5.11 Å². The van der Waals surface area contributed by atoms with Gasteiger partial charge in [-0.15, -0.1) is 11.3 Å². The van der Waals surface area contributed by atoms with Crippen molar-refractivity contribution in [1.29, 1.82) is 0 Å². The van der Waals surface area contributed by atoms with Gasteiger partial charge in [0.2, 0.25) is 0 Å². The number of hydrogen-bond acceptors (Lipinski definition) is 5. The molecule has 19 heavy (non-hydrogen) atoms. The minimum Gasteiger partial charge on any atom is -0.398 e. The normalized spacial score (nSPS) is 13.5. The van der Waals surface area contributed by atoms with E-state index < -0.39 is 6.10 Å². The van der Waals surface area contributed by atoms with Gasteiger partial charge in [0.25, 0.3) is 0 Å². The number of anilines is 1. The molecular formula is C14H19N3OS. The van der Waals surface area contributed by atoms with Crippen LogP contribution in [0.5, 0.6) is 0 Å². The monoisotopic (exact) mass is 277 g/mol. The Morgan fingerprint density at radius 3 is 2.74 bits per heavy atom. The molecule has 0 radical (unpaired) electrons. The first kappa shape index (κ1) is 14.0. The molecule has 0 aliphatic carbocycles. The molecule has 0 spiro atoms. The number of aliphatic hydroxyl groups is 1. The zero-order valence-electron chi connectivity index (χ0n) is 11.4. The Labute approximate surface area is 117 Å². The molecule has 0 amide bonds. The first-order valence-corrected chi connectivity index (χ1v) is 7.08. The molecule has 0 aliphatic heterocycles. The highest BCUT2D eigenvalue weighted by Crippen LogP contribution is 2.29. The number of nitrogen functional groups attached to an aromatic ring is 1. The second-order valence-electron chi connectivity index (χ2n) is 5.62. The molecule has 4 nitrogen and oxygen atoms in total. The lowest BCUT2D eigenvalue weighted by atomic mass is 9.98. The summed E-state index contributed by atoms with van der Waals surface area (Å²) < 4.78 is 0. The molecule has 1 unspecified atom stereocenters. The van der Waals surface area contributed by atoms with Gasteiger partial charge in [-0.25, -0.2) is 4.98 Å². The van der Waals surface area contributed by atoms with E-state index >= 15 is 0 Å². The van der Waals surface area contributed by atoms with Crippen molar-refractivity contribution in [3.05, 3.63) is 40.1 Å². The summed E-state index contributed by atoms with van der Waals surface area (Å²) >= 11 is 1.58. The summed E-state index contributed by atoms with van der Waals surface area (Å²) in [7, 11) is 0. The van der Waals surface area contributed by atoms with Gasteiger partial charge >= 0.3 is 0 Å². The first-order chi connectivity index (χ1) is 8.88. The number of pyridine rings is 1. The van der Waals surface area contributed by atoms with Gasteiger partial charge in [-0.2, -0.15) is 0 Å². The lowest BCUT2D eigenvalue weighted by molar-refractivity contribution is 0.174. The van der Waals surface area contributed by atoms with Crippen molar-refractivity contribution in [2.24, 2.45) is 0 Å². The molecule has 2 rings (SSSR count). The second kappa shape index (κ2) is 5.27. The lowest BCUT2D eigenvalue weighted by Gasteiger charge is -2.14. The largest absolute Gasteiger partial charge is 0.398 e. The van der Waals surface area contributed by atoms with Crippen LogP contribution in [0.4, 0.5) is 5.69 Å². The van der Waals surface area contributed by atoms with Crippen LogP contribution in [0.25, 0.3) is 0 Å². The lowest BCUT2D eigenvalue weighted by Crippen LogP contribution is -2.11. The standard InChI is InChI=1S/C14H19N3OS/c1-14(2,3)13-17-11(8-19-13)12(18)6-9-7-16-5-4-10(9)15/h4-5,7-8,12,18H,6H2,1-3H3,(H2,15,16).